The van der Waals surface area contributed by atoms with Gasteiger partial charge in [-0.1, -0.05) is 0 Å². The lowest BCUT2D eigenvalue weighted by molar-refractivity contribution is -0.0897. The Bertz CT molecular complexity index is 964. The second-order valence-corrected chi connectivity index (χ2v) is 9.25. The molecular weight excluding hydrogens is 425 g/mol. The van der Waals surface area contributed by atoms with Gasteiger partial charge in [0.1, 0.15) is 23.6 Å². The van der Waals surface area contributed by atoms with E-state index in [4.69, 9.17) is 4.74 Å². The fourth-order valence-corrected chi connectivity index (χ4v) is 4.85. The van der Waals surface area contributed by atoms with Gasteiger partial charge in [-0.3, -0.25) is 9.80 Å². The average molecular weight is 458 g/mol. The fourth-order valence-electron chi connectivity index (χ4n) is 4.85. The summed E-state index contributed by atoms with van der Waals surface area (Å²) in [5, 5.41) is 14.4. The molecule has 2 heterocycles. The van der Waals surface area contributed by atoms with Crippen LogP contribution < -0.4 is 9.64 Å². The van der Waals surface area contributed by atoms with Crippen molar-refractivity contribution in [2.24, 2.45) is 0 Å². The third-order valence-electron chi connectivity index (χ3n) is 6.75. The van der Waals surface area contributed by atoms with Crippen molar-refractivity contribution in [3.05, 3.63) is 48.3 Å². The number of aliphatic hydroxyl groups is 1. The highest BCUT2D eigenvalue weighted by molar-refractivity contribution is 5.92. The molecule has 1 N–H and O–H groups in total. The molecule has 1 aliphatic carbocycles. The maximum Gasteiger partial charge on any atom is 0.287 e. The van der Waals surface area contributed by atoms with Crippen molar-refractivity contribution < 1.29 is 19.0 Å². The van der Waals surface area contributed by atoms with E-state index in [2.05, 4.69) is 15.0 Å². The molecule has 33 heavy (non-hydrogen) atoms. The number of hydrogen-bond donors (Lipinski definition) is 1. The second kappa shape index (κ2) is 9.61. The molecule has 2 fully saturated rings. The zero-order chi connectivity index (χ0) is 23.6. The Labute approximate surface area is 194 Å². The summed E-state index contributed by atoms with van der Waals surface area (Å²) in [7, 11) is 1.52. The van der Waals surface area contributed by atoms with Crippen LogP contribution in [-0.2, 0) is 0 Å². The SMILES string of the molecule is COc1ccc(N2CCN(N(C(=O)c3ccncn3)C3CCC(C)(O)CC3)[C@H](C)C2)c(F)c1. The topological polar surface area (TPSA) is 82.0 Å². The van der Waals surface area contributed by atoms with Crippen LogP contribution >= 0.6 is 0 Å². The Hall–Kier alpha value is -2.78. The molecule has 2 aromatic rings. The van der Waals surface area contributed by atoms with Crippen LogP contribution in [0, 0.1) is 5.82 Å². The molecule has 1 amide bonds. The molecule has 0 bridgehead atoms. The van der Waals surface area contributed by atoms with Gasteiger partial charge in [-0.15, -0.1) is 0 Å². The average Bonchev–Trinajstić information content (AvgIpc) is 2.81. The Morgan fingerprint density at radius 3 is 2.64 bits per heavy atom. The number of hydrazine groups is 1. The number of aromatic nitrogens is 2. The Morgan fingerprint density at radius 1 is 1.27 bits per heavy atom. The predicted molar refractivity (Wildman–Crippen MR) is 122 cm³/mol. The van der Waals surface area contributed by atoms with Crippen LogP contribution in [-0.4, -0.2) is 75.4 Å². The fraction of sp³-hybridized carbons (Fsp3) is 0.542. The van der Waals surface area contributed by atoms with E-state index in [-0.39, 0.29) is 23.8 Å². The van der Waals surface area contributed by atoms with E-state index in [0.717, 1.165) is 0 Å². The molecule has 178 valence electrons. The molecule has 0 unspecified atom stereocenters. The van der Waals surface area contributed by atoms with E-state index in [1.54, 1.807) is 24.4 Å². The van der Waals surface area contributed by atoms with Crippen molar-refractivity contribution in [1.82, 2.24) is 20.0 Å². The Balaban J connectivity index is 1.55. The maximum atomic E-state index is 14.7. The first-order valence-corrected chi connectivity index (χ1v) is 11.5. The summed E-state index contributed by atoms with van der Waals surface area (Å²) in [6.45, 7) is 5.61. The minimum Gasteiger partial charge on any atom is -0.497 e. The Morgan fingerprint density at radius 2 is 2.03 bits per heavy atom. The van der Waals surface area contributed by atoms with Gasteiger partial charge in [-0.25, -0.2) is 19.4 Å². The number of benzene rings is 1. The number of ether oxygens (including phenoxy) is 1. The molecule has 0 spiro atoms. The van der Waals surface area contributed by atoms with Gasteiger partial charge in [-0.2, -0.15) is 0 Å². The van der Waals surface area contributed by atoms with Crippen molar-refractivity contribution >= 4 is 11.6 Å². The van der Waals surface area contributed by atoms with Crippen LogP contribution in [0.25, 0.3) is 0 Å². The number of halogens is 1. The lowest BCUT2D eigenvalue weighted by Gasteiger charge is -2.50. The van der Waals surface area contributed by atoms with Gasteiger partial charge in [0.25, 0.3) is 5.91 Å². The van der Waals surface area contributed by atoms with Crippen LogP contribution in [0.3, 0.4) is 0 Å². The van der Waals surface area contributed by atoms with Gasteiger partial charge >= 0.3 is 0 Å². The summed E-state index contributed by atoms with van der Waals surface area (Å²) in [4.78, 5) is 23.7. The standard InChI is InChI=1S/C24H32FN5O3/c1-17-15-28(22-5-4-19(33-3)14-20(22)25)12-13-29(17)30(18-6-9-24(2,32)10-7-18)23(31)21-8-11-26-16-27-21/h4-5,8,11,14,16-18,32H,6-7,9-10,12-13,15H2,1-3H3/t17-,18?,24?/m1/s1. The number of amides is 1. The summed E-state index contributed by atoms with van der Waals surface area (Å²) in [5.41, 5.74) is 0.180. The first kappa shape index (κ1) is 23.4. The predicted octanol–water partition coefficient (Wildman–Crippen LogP) is 2.89. The van der Waals surface area contributed by atoms with Crippen LogP contribution in [0.2, 0.25) is 0 Å². The molecule has 8 nitrogen and oxygen atoms in total. The van der Waals surface area contributed by atoms with Gasteiger partial charge in [0.15, 0.2) is 0 Å². The lowest BCUT2D eigenvalue weighted by Crippen LogP contribution is -2.63. The number of anilines is 1. The van der Waals surface area contributed by atoms with Crippen LogP contribution in [0.4, 0.5) is 10.1 Å². The highest BCUT2D eigenvalue weighted by atomic mass is 19.1. The molecule has 1 aromatic heterocycles. The number of piperazine rings is 1. The molecular formula is C24H32FN5O3. The lowest BCUT2D eigenvalue weighted by atomic mass is 9.83. The minimum absolute atomic E-state index is 0.0283. The number of carbonyl (C=O) groups is 1. The number of nitrogens with zero attached hydrogens (tertiary/aromatic N) is 5. The molecule has 1 saturated heterocycles. The van der Waals surface area contributed by atoms with Crippen molar-refractivity contribution in [2.75, 3.05) is 31.6 Å². The first-order valence-electron chi connectivity index (χ1n) is 11.5. The summed E-state index contributed by atoms with van der Waals surface area (Å²) < 4.78 is 19.8. The van der Waals surface area contributed by atoms with Gasteiger partial charge in [0, 0.05) is 44.0 Å². The number of rotatable bonds is 5. The highest BCUT2D eigenvalue weighted by Gasteiger charge is 2.40. The smallest absolute Gasteiger partial charge is 0.287 e. The van der Waals surface area contributed by atoms with Gasteiger partial charge in [0.2, 0.25) is 0 Å². The van der Waals surface area contributed by atoms with Crippen LogP contribution in [0.5, 0.6) is 5.75 Å². The molecule has 1 aromatic carbocycles. The zero-order valence-electron chi connectivity index (χ0n) is 19.4. The van der Waals surface area contributed by atoms with Crippen LogP contribution in [0.15, 0.2) is 36.8 Å². The highest BCUT2D eigenvalue weighted by Crippen LogP contribution is 2.33. The first-order chi connectivity index (χ1) is 15.8. The molecule has 1 atom stereocenters. The van der Waals surface area contributed by atoms with E-state index < -0.39 is 5.60 Å². The van der Waals surface area contributed by atoms with Gasteiger partial charge in [0.05, 0.1) is 18.4 Å². The maximum absolute atomic E-state index is 14.7. The summed E-state index contributed by atoms with van der Waals surface area (Å²) >= 11 is 0. The van der Waals surface area contributed by atoms with E-state index in [1.165, 1.54) is 19.5 Å². The Kier molecular flexibility index (Phi) is 6.81. The van der Waals surface area contributed by atoms with Crippen molar-refractivity contribution in [3.8, 4) is 5.75 Å². The third kappa shape index (κ3) is 5.09. The molecule has 1 aliphatic heterocycles. The summed E-state index contributed by atoms with van der Waals surface area (Å²) in [5.74, 6) is -0.00367. The second-order valence-electron chi connectivity index (χ2n) is 9.25. The van der Waals surface area contributed by atoms with E-state index in [1.807, 2.05) is 23.8 Å². The van der Waals surface area contributed by atoms with E-state index in [9.17, 15) is 14.3 Å². The molecule has 4 rings (SSSR count). The van der Waals surface area contributed by atoms with Gasteiger partial charge < -0.3 is 14.7 Å². The molecule has 0 radical (unpaired) electrons. The van der Waals surface area contributed by atoms with Crippen LogP contribution in [0.1, 0.15) is 50.0 Å². The van der Waals surface area contributed by atoms with Gasteiger partial charge in [-0.05, 0) is 57.7 Å². The number of carbonyl (C=O) groups excluding carboxylic acids is 1. The third-order valence-corrected chi connectivity index (χ3v) is 6.75. The van der Waals surface area contributed by atoms with Crippen molar-refractivity contribution in [2.45, 2.75) is 57.2 Å². The van der Waals surface area contributed by atoms with Crippen molar-refractivity contribution in [3.63, 3.8) is 0 Å². The van der Waals surface area contributed by atoms with Crippen molar-refractivity contribution in [1.29, 1.82) is 0 Å². The quantitative estimate of drug-likeness (QED) is 0.739. The molecule has 1 saturated carbocycles. The molecule has 9 heteroatoms. The number of hydrogen-bond acceptors (Lipinski definition) is 7. The number of methoxy groups -OCH3 is 1. The summed E-state index contributed by atoms with van der Waals surface area (Å²) in [6.07, 6.45) is 5.64. The zero-order valence-corrected chi connectivity index (χ0v) is 19.4. The normalized spacial score (nSPS) is 26.2. The largest absolute Gasteiger partial charge is 0.497 e. The molecule has 2 aliphatic rings. The van der Waals surface area contributed by atoms with E-state index >= 15 is 0 Å². The van der Waals surface area contributed by atoms with E-state index in [0.29, 0.717) is 62.4 Å². The monoisotopic (exact) mass is 457 g/mol. The summed E-state index contributed by atoms with van der Waals surface area (Å²) in [6, 6.07) is 6.46. The minimum atomic E-state index is -0.698.